The predicted octanol–water partition coefficient (Wildman–Crippen LogP) is 3.79. The van der Waals surface area contributed by atoms with Gasteiger partial charge in [0.1, 0.15) is 11.4 Å². The van der Waals surface area contributed by atoms with E-state index in [1.54, 1.807) is 29.5 Å². The Labute approximate surface area is 127 Å². The Balaban J connectivity index is 2.19. The number of nitro benzene ring substituents is 1. The standard InChI is InChI=1S/C14H18N4O2S/c1-3-7-15-12-5-4-6-13(14(12)18(19)20)16-8-11-9-21-10(2)17-11/h4-6,9,15-16H,3,7-8H2,1-2H3. The highest BCUT2D eigenvalue weighted by molar-refractivity contribution is 7.09. The van der Waals surface area contributed by atoms with E-state index in [9.17, 15) is 10.1 Å². The number of rotatable bonds is 7. The molecule has 0 aliphatic rings. The van der Waals surface area contributed by atoms with Gasteiger partial charge in [0.2, 0.25) is 0 Å². The second-order valence-electron chi connectivity index (χ2n) is 4.60. The number of nitro groups is 1. The minimum absolute atomic E-state index is 0.0814. The second kappa shape index (κ2) is 7.03. The first-order chi connectivity index (χ1) is 10.1. The molecule has 1 aromatic carbocycles. The van der Waals surface area contributed by atoms with E-state index in [1.165, 1.54) is 0 Å². The molecule has 2 rings (SSSR count). The van der Waals surface area contributed by atoms with Gasteiger partial charge >= 0.3 is 5.69 Å². The summed E-state index contributed by atoms with van der Waals surface area (Å²) in [6.07, 6.45) is 0.910. The largest absolute Gasteiger partial charge is 0.379 e. The monoisotopic (exact) mass is 306 g/mol. The minimum Gasteiger partial charge on any atom is -0.379 e. The Morgan fingerprint density at radius 2 is 2.05 bits per heavy atom. The van der Waals surface area contributed by atoms with Crippen molar-refractivity contribution in [3.05, 3.63) is 44.4 Å². The summed E-state index contributed by atoms with van der Waals surface area (Å²) in [6, 6.07) is 5.25. The van der Waals surface area contributed by atoms with E-state index in [0.29, 0.717) is 24.5 Å². The molecule has 0 amide bonds. The van der Waals surface area contributed by atoms with Gasteiger partial charge in [-0.15, -0.1) is 11.3 Å². The number of nitrogens with zero attached hydrogens (tertiary/aromatic N) is 2. The summed E-state index contributed by atoms with van der Waals surface area (Å²) in [5.74, 6) is 0. The molecule has 6 nitrogen and oxygen atoms in total. The maximum absolute atomic E-state index is 11.3. The molecule has 0 atom stereocenters. The van der Waals surface area contributed by atoms with Gasteiger partial charge in [-0.25, -0.2) is 4.98 Å². The lowest BCUT2D eigenvalue weighted by Crippen LogP contribution is -2.07. The smallest absolute Gasteiger partial charge is 0.315 e. The van der Waals surface area contributed by atoms with E-state index >= 15 is 0 Å². The van der Waals surface area contributed by atoms with Crippen molar-refractivity contribution in [1.82, 2.24) is 4.98 Å². The molecule has 0 spiro atoms. The number of para-hydroxylation sites is 1. The van der Waals surface area contributed by atoms with Gasteiger partial charge in [0.15, 0.2) is 0 Å². The summed E-state index contributed by atoms with van der Waals surface area (Å²) < 4.78 is 0. The molecular formula is C14H18N4O2S. The average molecular weight is 306 g/mol. The number of nitrogens with one attached hydrogen (secondary N) is 2. The van der Waals surface area contributed by atoms with Crippen LogP contribution in [-0.4, -0.2) is 16.5 Å². The molecule has 1 aromatic heterocycles. The number of benzene rings is 1. The Kier molecular flexibility index (Phi) is 5.10. The van der Waals surface area contributed by atoms with Crippen LogP contribution in [0.15, 0.2) is 23.6 Å². The molecule has 7 heteroatoms. The van der Waals surface area contributed by atoms with E-state index in [2.05, 4.69) is 15.6 Å². The first kappa shape index (κ1) is 15.2. The molecule has 0 saturated carbocycles. The molecule has 112 valence electrons. The van der Waals surface area contributed by atoms with Crippen LogP contribution in [0, 0.1) is 17.0 Å². The maximum atomic E-state index is 11.3. The summed E-state index contributed by atoms with van der Waals surface area (Å²) in [5, 5.41) is 20.5. The lowest BCUT2D eigenvalue weighted by Gasteiger charge is -2.10. The van der Waals surface area contributed by atoms with Gasteiger partial charge in [-0.3, -0.25) is 10.1 Å². The normalized spacial score (nSPS) is 10.4. The fourth-order valence-electron chi connectivity index (χ4n) is 1.96. The van der Waals surface area contributed by atoms with E-state index in [1.807, 2.05) is 19.2 Å². The quantitative estimate of drug-likeness (QED) is 0.601. The number of aromatic nitrogens is 1. The van der Waals surface area contributed by atoms with Crippen LogP contribution >= 0.6 is 11.3 Å². The molecule has 21 heavy (non-hydrogen) atoms. The summed E-state index contributed by atoms with van der Waals surface area (Å²) in [7, 11) is 0. The van der Waals surface area contributed by atoms with Crippen molar-refractivity contribution >= 4 is 28.4 Å². The lowest BCUT2D eigenvalue weighted by molar-refractivity contribution is -0.383. The molecule has 1 heterocycles. The van der Waals surface area contributed by atoms with Crippen LogP contribution in [0.1, 0.15) is 24.0 Å². The molecule has 0 aliphatic heterocycles. The summed E-state index contributed by atoms with van der Waals surface area (Å²) in [5.41, 5.74) is 2.02. The van der Waals surface area contributed by atoms with Crippen molar-refractivity contribution in [1.29, 1.82) is 0 Å². The molecule has 2 N–H and O–H groups in total. The van der Waals surface area contributed by atoms with Gasteiger partial charge < -0.3 is 10.6 Å². The molecule has 0 radical (unpaired) electrons. The summed E-state index contributed by atoms with van der Waals surface area (Å²) in [4.78, 5) is 15.3. The van der Waals surface area contributed by atoms with Gasteiger partial charge in [-0.1, -0.05) is 13.0 Å². The van der Waals surface area contributed by atoms with Crippen LogP contribution in [0.3, 0.4) is 0 Å². The zero-order valence-electron chi connectivity index (χ0n) is 12.0. The molecule has 2 aromatic rings. The maximum Gasteiger partial charge on any atom is 0.315 e. The molecule has 0 fully saturated rings. The molecule has 0 unspecified atom stereocenters. The van der Waals surface area contributed by atoms with E-state index in [-0.39, 0.29) is 10.6 Å². The third kappa shape index (κ3) is 3.91. The van der Waals surface area contributed by atoms with Crippen molar-refractivity contribution in [3.63, 3.8) is 0 Å². The predicted molar refractivity (Wildman–Crippen MR) is 86.1 cm³/mol. The third-order valence-corrected chi connectivity index (χ3v) is 3.73. The van der Waals surface area contributed by atoms with Crippen molar-refractivity contribution < 1.29 is 4.92 Å². The summed E-state index contributed by atoms with van der Waals surface area (Å²) in [6.45, 7) is 5.13. The highest BCUT2D eigenvalue weighted by atomic mass is 32.1. The number of thiazole rings is 1. The molecule has 0 bridgehead atoms. The van der Waals surface area contributed by atoms with Gasteiger partial charge in [0.25, 0.3) is 0 Å². The number of hydrogen-bond acceptors (Lipinski definition) is 6. The Morgan fingerprint density at radius 1 is 1.33 bits per heavy atom. The average Bonchev–Trinajstić information content (AvgIpc) is 2.88. The van der Waals surface area contributed by atoms with E-state index in [0.717, 1.165) is 17.1 Å². The fraction of sp³-hybridized carbons (Fsp3) is 0.357. The number of anilines is 2. The lowest BCUT2D eigenvalue weighted by atomic mass is 10.2. The van der Waals surface area contributed by atoms with Crippen LogP contribution in [0.2, 0.25) is 0 Å². The number of aryl methyl sites for hydroxylation is 1. The van der Waals surface area contributed by atoms with Crippen molar-refractivity contribution in [2.75, 3.05) is 17.2 Å². The zero-order chi connectivity index (χ0) is 15.2. The van der Waals surface area contributed by atoms with Crippen molar-refractivity contribution in [3.8, 4) is 0 Å². The third-order valence-electron chi connectivity index (χ3n) is 2.91. The Hall–Kier alpha value is -2.15. The van der Waals surface area contributed by atoms with Crippen molar-refractivity contribution in [2.45, 2.75) is 26.8 Å². The van der Waals surface area contributed by atoms with Gasteiger partial charge in [-0.05, 0) is 25.5 Å². The molecule has 0 aliphatic carbocycles. The first-order valence-electron chi connectivity index (χ1n) is 6.78. The van der Waals surface area contributed by atoms with Gasteiger partial charge in [-0.2, -0.15) is 0 Å². The van der Waals surface area contributed by atoms with Gasteiger partial charge in [0.05, 0.1) is 22.2 Å². The summed E-state index contributed by atoms with van der Waals surface area (Å²) >= 11 is 1.57. The van der Waals surface area contributed by atoms with E-state index < -0.39 is 0 Å². The van der Waals surface area contributed by atoms with Crippen LogP contribution in [0.4, 0.5) is 17.1 Å². The zero-order valence-corrected chi connectivity index (χ0v) is 12.9. The van der Waals surface area contributed by atoms with E-state index in [4.69, 9.17) is 0 Å². The topological polar surface area (TPSA) is 80.1 Å². The van der Waals surface area contributed by atoms with Crippen LogP contribution in [0.5, 0.6) is 0 Å². The van der Waals surface area contributed by atoms with Crippen molar-refractivity contribution in [2.24, 2.45) is 0 Å². The molecular weight excluding hydrogens is 288 g/mol. The number of hydrogen-bond donors (Lipinski definition) is 2. The van der Waals surface area contributed by atoms with Crippen LogP contribution in [0.25, 0.3) is 0 Å². The van der Waals surface area contributed by atoms with Gasteiger partial charge in [0, 0.05) is 11.9 Å². The van der Waals surface area contributed by atoms with Crippen LogP contribution < -0.4 is 10.6 Å². The first-order valence-corrected chi connectivity index (χ1v) is 7.66. The highest BCUT2D eigenvalue weighted by Crippen LogP contribution is 2.33. The van der Waals surface area contributed by atoms with Crippen LogP contribution in [-0.2, 0) is 6.54 Å². The minimum atomic E-state index is -0.355. The highest BCUT2D eigenvalue weighted by Gasteiger charge is 2.19. The Morgan fingerprint density at radius 3 is 2.62 bits per heavy atom. The SMILES string of the molecule is CCCNc1cccc(NCc2csc(C)n2)c1[N+](=O)[O-]. The fourth-order valence-corrected chi connectivity index (χ4v) is 2.57. The second-order valence-corrected chi connectivity index (χ2v) is 5.66. The Bertz CT molecular complexity index is 627. The molecule has 0 saturated heterocycles.